The van der Waals surface area contributed by atoms with E-state index in [1.54, 1.807) is 12.1 Å². The molecule has 1 aliphatic rings. The molecule has 1 saturated carbocycles. The number of hydrogen-bond donors (Lipinski definition) is 3. The molecule has 102 valence electrons. The van der Waals surface area contributed by atoms with E-state index in [2.05, 4.69) is 5.32 Å². The van der Waals surface area contributed by atoms with Gasteiger partial charge in [-0.05, 0) is 37.8 Å². The van der Waals surface area contributed by atoms with Crippen LogP contribution in [-0.2, 0) is 4.79 Å². The number of phenols is 1. The van der Waals surface area contributed by atoms with Gasteiger partial charge < -0.3 is 15.5 Å². The number of amides is 1. The molecule has 1 aromatic rings. The summed E-state index contributed by atoms with van der Waals surface area (Å²) < 4.78 is 0. The van der Waals surface area contributed by atoms with Crippen LogP contribution in [0.4, 0.5) is 0 Å². The monoisotopic (exact) mass is 263 g/mol. The molecule has 1 amide bonds. The molecular weight excluding hydrogens is 246 g/mol. The number of nitrogens with one attached hydrogen (secondary N) is 1. The second kappa shape index (κ2) is 5.30. The third kappa shape index (κ3) is 3.47. The third-order valence-electron chi connectivity index (χ3n) is 3.30. The predicted molar refractivity (Wildman–Crippen MR) is 69.1 cm³/mol. The van der Waals surface area contributed by atoms with Gasteiger partial charge in [-0.2, -0.15) is 0 Å². The first-order chi connectivity index (χ1) is 8.97. The molecule has 3 N–H and O–H groups in total. The highest BCUT2D eigenvalue weighted by molar-refractivity contribution is 5.97. The van der Waals surface area contributed by atoms with Crippen molar-refractivity contribution in [1.29, 1.82) is 0 Å². The minimum Gasteiger partial charge on any atom is -0.507 e. The number of carboxylic acids is 1. The minimum absolute atomic E-state index is 0.0804. The maximum absolute atomic E-state index is 12.1. The van der Waals surface area contributed by atoms with Crippen LogP contribution in [0.5, 0.6) is 5.75 Å². The fourth-order valence-corrected chi connectivity index (χ4v) is 2.10. The average Bonchev–Trinajstić information content (AvgIpc) is 3.14. The molecule has 0 saturated heterocycles. The van der Waals surface area contributed by atoms with Gasteiger partial charge in [0.2, 0.25) is 0 Å². The number of aliphatic carboxylic acids is 1. The Morgan fingerprint density at radius 2 is 2.11 bits per heavy atom. The molecule has 1 aliphatic carbocycles. The summed E-state index contributed by atoms with van der Waals surface area (Å²) in [6.07, 6.45) is 1.80. The third-order valence-corrected chi connectivity index (χ3v) is 3.30. The van der Waals surface area contributed by atoms with E-state index < -0.39 is 11.9 Å². The summed E-state index contributed by atoms with van der Waals surface area (Å²) >= 11 is 0. The van der Waals surface area contributed by atoms with Crippen LogP contribution in [0, 0.1) is 12.8 Å². The van der Waals surface area contributed by atoms with E-state index in [0.717, 1.165) is 18.4 Å². The van der Waals surface area contributed by atoms with Crippen LogP contribution in [-0.4, -0.2) is 28.1 Å². The van der Waals surface area contributed by atoms with Crippen molar-refractivity contribution in [3.63, 3.8) is 0 Å². The van der Waals surface area contributed by atoms with Gasteiger partial charge in [0.25, 0.3) is 5.91 Å². The zero-order valence-electron chi connectivity index (χ0n) is 10.7. The molecule has 5 nitrogen and oxygen atoms in total. The van der Waals surface area contributed by atoms with Crippen molar-refractivity contribution in [2.75, 3.05) is 0 Å². The Kier molecular flexibility index (Phi) is 3.74. The first-order valence-corrected chi connectivity index (χ1v) is 6.29. The van der Waals surface area contributed by atoms with Crippen molar-refractivity contribution in [1.82, 2.24) is 5.32 Å². The van der Waals surface area contributed by atoms with Gasteiger partial charge in [-0.1, -0.05) is 11.6 Å². The van der Waals surface area contributed by atoms with Crippen LogP contribution in [0.3, 0.4) is 0 Å². The lowest BCUT2D eigenvalue weighted by atomic mass is 10.1. The normalized spacial score (nSPS) is 15.8. The van der Waals surface area contributed by atoms with Crippen molar-refractivity contribution >= 4 is 11.9 Å². The van der Waals surface area contributed by atoms with Gasteiger partial charge in [-0.3, -0.25) is 9.59 Å². The molecule has 0 aromatic heterocycles. The Morgan fingerprint density at radius 1 is 1.42 bits per heavy atom. The number of carbonyl (C=O) groups is 2. The highest BCUT2D eigenvalue weighted by atomic mass is 16.4. The van der Waals surface area contributed by atoms with Crippen LogP contribution in [0.2, 0.25) is 0 Å². The lowest BCUT2D eigenvalue weighted by molar-refractivity contribution is -0.137. The zero-order chi connectivity index (χ0) is 14.0. The predicted octanol–water partition coefficient (Wildman–Crippen LogP) is 1.68. The molecule has 0 spiro atoms. The number of hydrogen-bond acceptors (Lipinski definition) is 3. The van der Waals surface area contributed by atoms with Gasteiger partial charge in [0.05, 0.1) is 12.0 Å². The summed E-state index contributed by atoms with van der Waals surface area (Å²) in [6.45, 7) is 1.83. The fraction of sp³-hybridized carbons (Fsp3) is 0.429. The van der Waals surface area contributed by atoms with Gasteiger partial charge >= 0.3 is 5.97 Å². The summed E-state index contributed by atoms with van der Waals surface area (Å²) in [5, 5.41) is 21.2. The van der Waals surface area contributed by atoms with Crippen LogP contribution in [0.25, 0.3) is 0 Å². The van der Waals surface area contributed by atoms with Crippen molar-refractivity contribution in [2.45, 2.75) is 32.2 Å². The van der Waals surface area contributed by atoms with Gasteiger partial charge in [-0.15, -0.1) is 0 Å². The molecule has 19 heavy (non-hydrogen) atoms. The summed E-state index contributed by atoms with van der Waals surface area (Å²) in [7, 11) is 0. The molecule has 1 atom stereocenters. The topological polar surface area (TPSA) is 86.6 Å². The van der Waals surface area contributed by atoms with E-state index >= 15 is 0 Å². The molecule has 0 bridgehead atoms. The van der Waals surface area contributed by atoms with Gasteiger partial charge in [-0.25, -0.2) is 0 Å². The number of phenolic OH excluding ortho intramolecular Hbond substituents is 1. The summed E-state index contributed by atoms with van der Waals surface area (Å²) in [4.78, 5) is 22.9. The number of carboxylic acid groups (broad SMARTS) is 1. The molecular formula is C14H17NO4. The van der Waals surface area contributed by atoms with Crippen LogP contribution in [0.1, 0.15) is 35.2 Å². The molecule has 1 fully saturated rings. The van der Waals surface area contributed by atoms with E-state index in [4.69, 9.17) is 5.11 Å². The van der Waals surface area contributed by atoms with Gasteiger partial charge in [0, 0.05) is 6.04 Å². The lowest BCUT2D eigenvalue weighted by Gasteiger charge is -2.16. The van der Waals surface area contributed by atoms with Gasteiger partial charge in [0.15, 0.2) is 0 Å². The number of aromatic hydroxyl groups is 1. The van der Waals surface area contributed by atoms with E-state index in [1.807, 2.05) is 6.92 Å². The van der Waals surface area contributed by atoms with E-state index in [9.17, 15) is 14.7 Å². The van der Waals surface area contributed by atoms with E-state index in [0.29, 0.717) is 0 Å². The standard InChI is InChI=1S/C14H17NO4/c1-8-2-5-12(16)10(6-8)14(19)15-11(7-13(17)18)9-3-4-9/h2,5-6,9,11,16H,3-4,7H2,1H3,(H,15,19)(H,17,18). The maximum Gasteiger partial charge on any atom is 0.305 e. The molecule has 0 heterocycles. The Balaban J connectivity index is 2.10. The molecule has 2 rings (SSSR count). The maximum atomic E-state index is 12.1. The van der Waals surface area contributed by atoms with E-state index in [-0.39, 0.29) is 29.7 Å². The summed E-state index contributed by atoms with van der Waals surface area (Å²) in [6, 6.07) is 4.41. The average molecular weight is 263 g/mol. The van der Waals surface area contributed by atoms with Crippen LogP contribution in [0.15, 0.2) is 18.2 Å². The Bertz CT molecular complexity index is 508. The molecule has 5 heteroatoms. The van der Waals surface area contributed by atoms with E-state index in [1.165, 1.54) is 6.07 Å². The number of rotatable bonds is 5. The van der Waals surface area contributed by atoms with Crippen LogP contribution >= 0.6 is 0 Å². The highest BCUT2D eigenvalue weighted by Crippen LogP contribution is 2.34. The number of aryl methyl sites for hydroxylation is 1. The molecule has 1 aromatic carbocycles. The second-order valence-corrected chi connectivity index (χ2v) is 5.04. The highest BCUT2D eigenvalue weighted by Gasteiger charge is 2.34. The van der Waals surface area contributed by atoms with Crippen LogP contribution < -0.4 is 5.32 Å². The van der Waals surface area contributed by atoms with Crippen molar-refractivity contribution in [3.05, 3.63) is 29.3 Å². The largest absolute Gasteiger partial charge is 0.507 e. The lowest BCUT2D eigenvalue weighted by Crippen LogP contribution is -2.38. The Morgan fingerprint density at radius 3 is 2.68 bits per heavy atom. The molecule has 1 unspecified atom stereocenters. The second-order valence-electron chi connectivity index (χ2n) is 5.04. The van der Waals surface area contributed by atoms with Gasteiger partial charge in [0.1, 0.15) is 5.75 Å². The number of benzene rings is 1. The minimum atomic E-state index is -0.925. The van der Waals surface area contributed by atoms with Crippen molar-refractivity contribution in [2.24, 2.45) is 5.92 Å². The van der Waals surface area contributed by atoms with Crippen molar-refractivity contribution in [3.8, 4) is 5.75 Å². The fourth-order valence-electron chi connectivity index (χ4n) is 2.10. The summed E-state index contributed by atoms with van der Waals surface area (Å²) in [5.74, 6) is -1.19. The first-order valence-electron chi connectivity index (χ1n) is 6.29. The smallest absolute Gasteiger partial charge is 0.305 e. The Labute approximate surface area is 111 Å². The number of carbonyl (C=O) groups excluding carboxylic acids is 1. The van der Waals surface area contributed by atoms with Crippen molar-refractivity contribution < 1.29 is 19.8 Å². The Hall–Kier alpha value is -2.04. The quantitative estimate of drug-likeness (QED) is 0.754. The zero-order valence-corrected chi connectivity index (χ0v) is 10.7. The molecule has 0 radical (unpaired) electrons. The molecule has 0 aliphatic heterocycles. The first kappa shape index (κ1) is 13.4. The SMILES string of the molecule is Cc1ccc(O)c(C(=O)NC(CC(=O)O)C2CC2)c1. The summed E-state index contributed by atoms with van der Waals surface area (Å²) in [5.41, 5.74) is 1.06.